The van der Waals surface area contributed by atoms with Crippen LogP contribution in [0.25, 0.3) is 0 Å². The molecule has 2 rings (SSSR count). The Kier molecular flexibility index (Phi) is 3.80. The van der Waals surface area contributed by atoms with Gasteiger partial charge in [-0.25, -0.2) is 0 Å². The lowest BCUT2D eigenvalue weighted by Gasteiger charge is -2.26. The fourth-order valence-corrected chi connectivity index (χ4v) is 2.42. The van der Waals surface area contributed by atoms with Gasteiger partial charge in [-0.2, -0.15) is 0 Å². The van der Waals surface area contributed by atoms with Crippen molar-refractivity contribution >= 4 is 29.1 Å². The van der Waals surface area contributed by atoms with Crippen LogP contribution >= 0.6 is 23.2 Å². The highest BCUT2D eigenvalue weighted by Crippen LogP contribution is 2.33. The molecular formula is C14H11Cl2NO2. The summed E-state index contributed by atoms with van der Waals surface area (Å²) in [5.74, 6) is -0.892. The van der Waals surface area contributed by atoms with Gasteiger partial charge in [0.15, 0.2) is 5.60 Å². The molecule has 2 aromatic rings. The number of rotatable bonds is 3. The predicted octanol–water partition coefficient (Wildman–Crippen LogP) is 2.71. The lowest BCUT2D eigenvalue weighted by Crippen LogP contribution is -2.42. The van der Waals surface area contributed by atoms with Gasteiger partial charge in [0.25, 0.3) is 5.91 Å². The van der Waals surface area contributed by atoms with Crippen molar-refractivity contribution in [3.8, 4) is 0 Å². The summed E-state index contributed by atoms with van der Waals surface area (Å²) in [6.07, 6.45) is 0. The molecule has 0 aliphatic heterocycles. The molecule has 5 heteroatoms. The number of carbonyl (C=O) groups is 1. The number of primary amides is 1. The van der Waals surface area contributed by atoms with Crippen molar-refractivity contribution in [2.75, 3.05) is 0 Å². The molecular weight excluding hydrogens is 285 g/mol. The van der Waals surface area contributed by atoms with Crippen LogP contribution in [-0.4, -0.2) is 11.0 Å². The second kappa shape index (κ2) is 5.21. The van der Waals surface area contributed by atoms with Gasteiger partial charge in [-0.15, -0.1) is 0 Å². The molecule has 1 atom stereocenters. The number of hydrogen-bond donors (Lipinski definition) is 2. The van der Waals surface area contributed by atoms with Crippen LogP contribution in [0, 0.1) is 0 Å². The molecule has 0 heterocycles. The third kappa shape index (κ3) is 2.59. The molecule has 0 aliphatic rings. The van der Waals surface area contributed by atoms with Crippen molar-refractivity contribution < 1.29 is 9.90 Å². The first-order chi connectivity index (χ1) is 8.94. The first-order valence-corrected chi connectivity index (χ1v) is 6.24. The Bertz CT molecular complexity index is 596. The molecule has 0 saturated heterocycles. The van der Waals surface area contributed by atoms with Crippen LogP contribution < -0.4 is 5.73 Å². The number of carbonyl (C=O) groups excluding carboxylic acids is 1. The lowest BCUT2D eigenvalue weighted by atomic mass is 9.86. The van der Waals surface area contributed by atoms with Crippen molar-refractivity contribution in [2.24, 2.45) is 5.73 Å². The van der Waals surface area contributed by atoms with E-state index >= 15 is 0 Å². The van der Waals surface area contributed by atoms with Crippen LogP contribution in [0.2, 0.25) is 10.0 Å². The van der Waals surface area contributed by atoms with Crippen molar-refractivity contribution in [2.45, 2.75) is 5.60 Å². The van der Waals surface area contributed by atoms with Gasteiger partial charge >= 0.3 is 0 Å². The van der Waals surface area contributed by atoms with Gasteiger partial charge in [-0.1, -0.05) is 53.5 Å². The summed E-state index contributed by atoms with van der Waals surface area (Å²) >= 11 is 11.8. The molecule has 3 N–H and O–H groups in total. The Morgan fingerprint density at radius 1 is 1.00 bits per heavy atom. The fourth-order valence-electron chi connectivity index (χ4n) is 1.89. The van der Waals surface area contributed by atoms with E-state index in [0.29, 0.717) is 15.6 Å². The first kappa shape index (κ1) is 13.9. The topological polar surface area (TPSA) is 63.3 Å². The molecule has 0 spiro atoms. The predicted molar refractivity (Wildman–Crippen MR) is 75.1 cm³/mol. The highest BCUT2D eigenvalue weighted by atomic mass is 35.5. The van der Waals surface area contributed by atoms with Crippen LogP contribution in [0.1, 0.15) is 11.1 Å². The van der Waals surface area contributed by atoms with E-state index in [-0.39, 0.29) is 5.56 Å². The van der Waals surface area contributed by atoms with E-state index < -0.39 is 11.5 Å². The molecule has 0 radical (unpaired) electrons. The summed E-state index contributed by atoms with van der Waals surface area (Å²) in [5.41, 5.74) is 4.00. The van der Waals surface area contributed by atoms with E-state index in [2.05, 4.69) is 0 Å². The molecule has 0 saturated carbocycles. The van der Waals surface area contributed by atoms with E-state index in [1.807, 2.05) is 0 Å². The summed E-state index contributed by atoms with van der Waals surface area (Å²) < 4.78 is 0. The highest BCUT2D eigenvalue weighted by molar-refractivity contribution is 6.34. The van der Waals surface area contributed by atoms with Gasteiger partial charge in [-0.3, -0.25) is 4.79 Å². The summed E-state index contributed by atoms with van der Waals surface area (Å²) in [6.45, 7) is 0. The zero-order chi connectivity index (χ0) is 14.0. The average Bonchev–Trinajstić information content (AvgIpc) is 2.37. The Morgan fingerprint density at radius 2 is 1.53 bits per heavy atom. The normalized spacial score (nSPS) is 13.8. The maximum atomic E-state index is 11.7. The second-order valence-electron chi connectivity index (χ2n) is 4.10. The monoisotopic (exact) mass is 295 g/mol. The highest BCUT2D eigenvalue weighted by Gasteiger charge is 2.38. The zero-order valence-corrected chi connectivity index (χ0v) is 11.3. The third-order valence-corrected chi connectivity index (χ3v) is 3.26. The molecule has 19 heavy (non-hydrogen) atoms. The minimum absolute atomic E-state index is 0.240. The number of aliphatic hydroxyl groups is 1. The average molecular weight is 296 g/mol. The smallest absolute Gasteiger partial charge is 0.258 e. The molecule has 0 fully saturated rings. The molecule has 0 aromatic heterocycles. The molecule has 1 unspecified atom stereocenters. The lowest BCUT2D eigenvalue weighted by molar-refractivity contribution is -0.133. The second-order valence-corrected chi connectivity index (χ2v) is 4.97. The maximum absolute atomic E-state index is 11.7. The van der Waals surface area contributed by atoms with Gasteiger partial charge in [0.1, 0.15) is 0 Å². The number of hydrogen-bond acceptors (Lipinski definition) is 2. The summed E-state index contributed by atoms with van der Waals surface area (Å²) in [4.78, 5) is 11.7. The maximum Gasteiger partial charge on any atom is 0.258 e. The van der Waals surface area contributed by atoms with Gasteiger partial charge in [0, 0.05) is 15.6 Å². The molecule has 1 amide bonds. The quantitative estimate of drug-likeness (QED) is 0.914. The van der Waals surface area contributed by atoms with E-state index in [9.17, 15) is 9.90 Å². The van der Waals surface area contributed by atoms with Crippen molar-refractivity contribution in [1.82, 2.24) is 0 Å². The van der Waals surface area contributed by atoms with Crippen LogP contribution in [0.15, 0.2) is 48.5 Å². The number of halogens is 2. The van der Waals surface area contributed by atoms with Crippen molar-refractivity contribution in [3.63, 3.8) is 0 Å². The SMILES string of the molecule is NC(=O)C(O)(c1ccccc1)c1cc(Cl)cc(Cl)c1. The summed E-state index contributed by atoms with van der Waals surface area (Å²) in [6, 6.07) is 12.8. The summed E-state index contributed by atoms with van der Waals surface area (Å²) in [5, 5.41) is 11.3. The molecule has 2 aromatic carbocycles. The number of amides is 1. The Hall–Kier alpha value is -1.55. The standard InChI is InChI=1S/C14H11Cl2NO2/c15-11-6-10(7-12(16)8-11)14(19,13(17)18)9-4-2-1-3-5-9/h1-8,19H,(H2,17,18). The molecule has 3 nitrogen and oxygen atoms in total. The van der Waals surface area contributed by atoms with Crippen LogP contribution in [-0.2, 0) is 10.4 Å². The molecule has 0 aliphatic carbocycles. The molecule has 98 valence electrons. The minimum atomic E-state index is -1.96. The van der Waals surface area contributed by atoms with Gasteiger partial charge in [0.2, 0.25) is 0 Å². The van der Waals surface area contributed by atoms with Crippen LogP contribution in [0.4, 0.5) is 0 Å². The first-order valence-electron chi connectivity index (χ1n) is 5.49. The van der Waals surface area contributed by atoms with Crippen molar-refractivity contribution in [3.05, 3.63) is 69.7 Å². The Morgan fingerprint density at radius 3 is 2.00 bits per heavy atom. The van der Waals surface area contributed by atoms with E-state index in [1.165, 1.54) is 18.2 Å². The number of benzene rings is 2. The van der Waals surface area contributed by atoms with Crippen LogP contribution in [0.5, 0.6) is 0 Å². The van der Waals surface area contributed by atoms with Gasteiger partial charge in [0.05, 0.1) is 0 Å². The van der Waals surface area contributed by atoms with Crippen molar-refractivity contribution in [1.29, 1.82) is 0 Å². The third-order valence-electron chi connectivity index (χ3n) is 2.83. The minimum Gasteiger partial charge on any atom is -0.372 e. The van der Waals surface area contributed by atoms with E-state index in [4.69, 9.17) is 28.9 Å². The largest absolute Gasteiger partial charge is 0.372 e. The zero-order valence-electron chi connectivity index (χ0n) is 9.81. The van der Waals surface area contributed by atoms with Gasteiger partial charge in [-0.05, 0) is 23.8 Å². The fraction of sp³-hybridized carbons (Fsp3) is 0.0714. The van der Waals surface area contributed by atoms with E-state index in [0.717, 1.165) is 0 Å². The van der Waals surface area contributed by atoms with Gasteiger partial charge < -0.3 is 10.8 Å². The Balaban J connectivity index is 2.67. The van der Waals surface area contributed by atoms with E-state index in [1.54, 1.807) is 30.3 Å². The molecule has 0 bridgehead atoms. The Labute approximate surface area is 120 Å². The summed E-state index contributed by atoms with van der Waals surface area (Å²) in [7, 11) is 0. The number of nitrogens with two attached hydrogens (primary N) is 1. The van der Waals surface area contributed by atoms with Crippen LogP contribution in [0.3, 0.4) is 0 Å².